The number of carbonyl (C=O) groups is 1. The lowest BCUT2D eigenvalue weighted by molar-refractivity contribution is 0.0745. The van der Waals surface area contributed by atoms with E-state index in [9.17, 15) is 9.18 Å². The molecule has 1 heterocycles. The van der Waals surface area contributed by atoms with E-state index in [-0.39, 0.29) is 11.6 Å². The van der Waals surface area contributed by atoms with Gasteiger partial charge in [0.2, 0.25) is 5.95 Å². The van der Waals surface area contributed by atoms with Gasteiger partial charge in [0.15, 0.2) is 0 Å². The van der Waals surface area contributed by atoms with Crippen LogP contribution in [0, 0.1) is 5.95 Å². The molecule has 21 heavy (non-hydrogen) atoms. The number of carbonyl (C=O) groups excluding carboxylic acids is 1. The molecule has 0 radical (unpaired) electrons. The van der Waals surface area contributed by atoms with Crippen LogP contribution >= 0.6 is 0 Å². The molecule has 2 rings (SSSR count). The van der Waals surface area contributed by atoms with Crippen LogP contribution in [0.5, 0.6) is 5.75 Å². The Hall–Kier alpha value is -2.43. The van der Waals surface area contributed by atoms with Gasteiger partial charge >= 0.3 is 0 Å². The van der Waals surface area contributed by atoms with Crippen LogP contribution in [0.4, 0.5) is 4.39 Å². The number of rotatable bonds is 5. The second-order valence-electron chi connectivity index (χ2n) is 4.51. The first-order chi connectivity index (χ1) is 10.1. The van der Waals surface area contributed by atoms with Gasteiger partial charge in [0.25, 0.3) is 5.91 Å². The third-order valence-corrected chi connectivity index (χ3v) is 3.14. The zero-order valence-electron chi connectivity index (χ0n) is 12.0. The molecule has 5 heteroatoms. The summed E-state index contributed by atoms with van der Waals surface area (Å²) in [5, 5.41) is 0. The third kappa shape index (κ3) is 3.78. The van der Waals surface area contributed by atoms with E-state index in [1.807, 2.05) is 31.2 Å². The van der Waals surface area contributed by atoms with E-state index in [1.165, 1.54) is 18.2 Å². The van der Waals surface area contributed by atoms with E-state index in [0.717, 1.165) is 11.3 Å². The zero-order chi connectivity index (χ0) is 15.2. The predicted molar refractivity (Wildman–Crippen MR) is 77.6 cm³/mol. The highest BCUT2D eigenvalue weighted by Gasteiger charge is 2.16. The molecule has 0 aliphatic rings. The lowest BCUT2D eigenvalue weighted by atomic mass is 10.2. The van der Waals surface area contributed by atoms with E-state index >= 15 is 0 Å². The quantitative estimate of drug-likeness (QED) is 0.794. The summed E-state index contributed by atoms with van der Waals surface area (Å²) in [6.45, 7) is 2.83. The molecular formula is C16H17FN2O2. The summed E-state index contributed by atoms with van der Waals surface area (Å²) in [7, 11) is 1.60. The van der Waals surface area contributed by atoms with Crippen LogP contribution in [0.2, 0.25) is 0 Å². The highest BCUT2D eigenvalue weighted by Crippen LogP contribution is 2.14. The van der Waals surface area contributed by atoms with E-state index in [1.54, 1.807) is 12.0 Å². The van der Waals surface area contributed by atoms with Gasteiger partial charge in [0, 0.05) is 13.1 Å². The lowest BCUT2D eigenvalue weighted by Crippen LogP contribution is -2.31. The summed E-state index contributed by atoms with van der Waals surface area (Å²) >= 11 is 0. The van der Waals surface area contributed by atoms with Crippen molar-refractivity contribution >= 4 is 5.91 Å². The first kappa shape index (κ1) is 15.0. The van der Waals surface area contributed by atoms with Crippen LogP contribution in [0.3, 0.4) is 0 Å². The van der Waals surface area contributed by atoms with Crippen molar-refractivity contribution in [2.45, 2.75) is 13.5 Å². The number of nitrogens with zero attached hydrogens (tertiary/aromatic N) is 2. The topological polar surface area (TPSA) is 42.4 Å². The molecule has 110 valence electrons. The van der Waals surface area contributed by atoms with Crippen molar-refractivity contribution in [1.82, 2.24) is 9.88 Å². The van der Waals surface area contributed by atoms with Crippen molar-refractivity contribution in [3.8, 4) is 5.75 Å². The number of pyridine rings is 1. The van der Waals surface area contributed by atoms with E-state index in [0.29, 0.717) is 13.1 Å². The lowest BCUT2D eigenvalue weighted by Gasteiger charge is -2.20. The van der Waals surface area contributed by atoms with Gasteiger partial charge in [-0.2, -0.15) is 4.39 Å². The van der Waals surface area contributed by atoms with Crippen LogP contribution in [-0.2, 0) is 6.54 Å². The van der Waals surface area contributed by atoms with Crippen molar-refractivity contribution < 1.29 is 13.9 Å². The standard InChI is InChI=1S/C16H17FN2O2/c1-3-19(11-12-7-9-13(21-2)10-8-12)16(20)14-5-4-6-15(17)18-14/h4-10H,3,11H2,1-2H3. The van der Waals surface area contributed by atoms with Gasteiger partial charge in [-0.3, -0.25) is 4.79 Å². The Morgan fingerprint density at radius 1 is 1.24 bits per heavy atom. The molecule has 0 saturated heterocycles. The first-order valence-corrected chi connectivity index (χ1v) is 6.68. The number of methoxy groups -OCH3 is 1. The maximum Gasteiger partial charge on any atom is 0.272 e. The number of ether oxygens (including phenoxy) is 1. The molecule has 0 aliphatic carbocycles. The second kappa shape index (κ2) is 6.83. The zero-order valence-corrected chi connectivity index (χ0v) is 12.0. The number of amides is 1. The average molecular weight is 288 g/mol. The number of hydrogen-bond acceptors (Lipinski definition) is 3. The van der Waals surface area contributed by atoms with Crippen molar-refractivity contribution in [3.63, 3.8) is 0 Å². The first-order valence-electron chi connectivity index (χ1n) is 6.68. The van der Waals surface area contributed by atoms with E-state index < -0.39 is 5.95 Å². The van der Waals surface area contributed by atoms with Gasteiger partial charge in [-0.05, 0) is 36.8 Å². The number of benzene rings is 1. The smallest absolute Gasteiger partial charge is 0.272 e. The highest BCUT2D eigenvalue weighted by atomic mass is 19.1. The number of aromatic nitrogens is 1. The molecule has 4 nitrogen and oxygen atoms in total. The monoisotopic (exact) mass is 288 g/mol. The van der Waals surface area contributed by atoms with Crippen molar-refractivity contribution in [2.24, 2.45) is 0 Å². The molecule has 0 N–H and O–H groups in total. The highest BCUT2D eigenvalue weighted by molar-refractivity contribution is 5.92. The fraction of sp³-hybridized carbons (Fsp3) is 0.250. The molecule has 0 bridgehead atoms. The summed E-state index contributed by atoms with van der Waals surface area (Å²) in [4.78, 5) is 17.6. The normalized spacial score (nSPS) is 10.2. The minimum absolute atomic E-state index is 0.116. The molecule has 2 aromatic rings. The summed E-state index contributed by atoms with van der Waals surface area (Å²) in [6, 6.07) is 11.7. The Bertz CT molecular complexity index is 614. The Kier molecular flexibility index (Phi) is 4.87. The number of halogens is 1. The Balaban J connectivity index is 2.13. The largest absolute Gasteiger partial charge is 0.497 e. The van der Waals surface area contributed by atoms with Gasteiger partial charge in [0.05, 0.1) is 7.11 Å². The SMILES string of the molecule is CCN(Cc1ccc(OC)cc1)C(=O)c1cccc(F)n1. The number of hydrogen-bond donors (Lipinski definition) is 0. The average Bonchev–Trinajstić information content (AvgIpc) is 2.52. The maximum atomic E-state index is 13.1. The summed E-state index contributed by atoms with van der Waals surface area (Å²) in [5.74, 6) is -0.172. The molecule has 0 aliphatic heterocycles. The maximum absolute atomic E-state index is 13.1. The van der Waals surface area contributed by atoms with Crippen molar-refractivity contribution in [3.05, 3.63) is 59.7 Å². The van der Waals surface area contributed by atoms with Crippen molar-refractivity contribution in [2.75, 3.05) is 13.7 Å². The fourth-order valence-corrected chi connectivity index (χ4v) is 1.97. The predicted octanol–water partition coefficient (Wildman–Crippen LogP) is 2.89. The van der Waals surface area contributed by atoms with E-state index in [2.05, 4.69) is 4.98 Å². The minimum Gasteiger partial charge on any atom is -0.497 e. The summed E-state index contributed by atoms with van der Waals surface area (Å²) in [6.07, 6.45) is 0. The molecule has 0 spiro atoms. The molecule has 0 unspecified atom stereocenters. The molecule has 0 fully saturated rings. The van der Waals surface area contributed by atoms with Crippen LogP contribution in [0.1, 0.15) is 23.0 Å². The molecule has 0 saturated carbocycles. The van der Waals surface area contributed by atoms with Gasteiger partial charge < -0.3 is 9.64 Å². The van der Waals surface area contributed by atoms with Crippen LogP contribution in [-0.4, -0.2) is 29.4 Å². The molecule has 1 amide bonds. The fourth-order valence-electron chi connectivity index (χ4n) is 1.97. The van der Waals surface area contributed by atoms with Crippen LogP contribution in [0.15, 0.2) is 42.5 Å². The Morgan fingerprint density at radius 2 is 1.95 bits per heavy atom. The van der Waals surface area contributed by atoms with Crippen LogP contribution < -0.4 is 4.74 Å². The van der Waals surface area contributed by atoms with Gasteiger partial charge in [-0.25, -0.2) is 4.98 Å². The second-order valence-corrected chi connectivity index (χ2v) is 4.51. The summed E-state index contributed by atoms with van der Waals surface area (Å²) in [5.41, 5.74) is 1.09. The Morgan fingerprint density at radius 3 is 2.52 bits per heavy atom. The molecular weight excluding hydrogens is 271 g/mol. The van der Waals surface area contributed by atoms with Gasteiger partial charge in [-0.1, -0.05) is 18.2 Å². The van der Waals surface area contributed by atoms with Gasteiger partial charge in [-0.15, -0.1) is 0 Å². The van der Waals surface area contributed by atoms with Gasteiger partial charge in [0.1, 0.15) is 11.4 Å². The van der Waals surface area contributed by atoms with E-state index in [4.69, 9.17) is 4.74 Å². The molecule has 1 aromatic carbocycles. The third-order valence-electron chi connectivity index (χ3n) is 3.14. The van der Waals surface area contributed by atoms with Crippen molar-refractivity contribution in [1.29, 1.82) is 0 Å². The summed E-state index contributed by atoms with van der Waals surface area (Å²) < 4.78 is 18.2. The molecule has 1 aromatic heterocycles. The molecule has 0 atom stereocenters. The van der Waals surface area contributed by atoms with Crippen LogP contribution in [0.25, 0.3) is 0 Å². The minimum atomic E-state index is -0.652. The Labute approximate surface area is 123 Å².